The molecule has 1 aromatic rings. The summed E-state index contributed by atoms with van der Waals surface area (Å²) in [4.78, 5) is 15.4. The quantitative estimate of drug-likeness (QED) is 0.457. The first-order valence-electron chi connectivity index (χ1n) is 3.38. The number of aromatic nitrogens is 2. The van der Waals surface area contributed by atoms with Gasteiger partial charge < -0.3 is 5.11 Å². The standard InChI is InChI=1S/C5H8N4O3S/c10-1-2-12-9-4(11)7-5-8-6-3-13-5/h3,10H,1-2H2,(H2,7,8,9,11). The van der Waals surface area contributed by atoms with Gasteiger partial charge in [-0.25, -0.2) is 10.3 Å². The lowest BCUT2D eigenvalue weighted by Crippen LogP contribution is -2.29. The van der Waals surface area contributed by atoms with Crippen molar-refractivity contribution in [3.8, 4) is 0 Å². The lowest BCUT2D eigenvalue weighted by Gasteiger charge is -2.03. The van der Waals surface area contributed by atoms with Crippen LogP contribution in [0.2, 0.25) is 0 Å². The fourth-order valence-electron chi connectivity index (χ4n) is 0.512. The average Bonchev–Trinajstić information content (AvgIpc) is 2.57. The van der Waals surface area contributed by atoms with Crippen LogP contribution in [0.5, 0.6) is 0 Å². The molecule has 0 atom stereocenters. The van der Waals surface area contributed by atoms with E-state index in [1.165, 1.54) is 16.8 Å². The number of hydrogen-bond acceptors (Lipinski definition) is 6. The Kier molecular flexibility index (Phi) is 4.09. The zero-order valence-electron chi connectivity index (χ0n) is 6.56. The Morgan fingerprint density at radius 2 is 2.62 bits per heavy atom. The average molecular weight is 204 g/mol. The van der Waals surface area contributed by atoms with E-state index in [4.69, 9.17) is 5.11 Å². The third-order valence-electron chi connectivity index (χ3n) is 0.939. The van der Waals surface area contributed by atoms with Crippen LogP contribution >= 0.6 is 11.3 Å². The SMILES string of the molecule is O=C(NOCCO)Nc1nncs1. The minimum absolute atomic E-state index is 0.0452. The summed E-state index contributed by atoms with van der Waals surface area (Å²) in [7, 11) is 0. The molecule has 72 valence electrons. The second kappa shape index (κ2) is 5.41. The lowest BCUT2D eigenvalue weighted by atomic mass is 10.8. The van der Waals surface area contributed by atoms with Crippen LogP contribution < -0.4 is 10.8 Å². The molecule has 0 aromatic carbocycles. The van der Waals surface area contributed by atoms with E-state index < -0.39 is 6.03 Å². The van der Waals surface area contributed by atoms with Crippen LogP contribution in [0.15, 0.2) is 5.51 Å². The molecule has 0 aliphatic rings. The molecular weight excluding hydrogens is 196 g/mol. The van der Waals surface area contributed by atoms with Crippen molar-refractivity contribution in [3.05, 3.63) is 5.51 Å². The van der Waals surface area contributed by atoms with Crippen LogP contribution in [0.1, 0.15) is 0 Å². The molecule has 0 saturated carbocycles. The van der Waals surface area contributed by atoms with E-state index >= 15 is 0 Å². The molecule has 8 heteroatoms. The molecule has 0 bridgehead atoms. The van der Waals surface area contributed by atoms with Gasteiger partial charge in [0.25, 0.3) is 0 Å². The third kappa shape index (κ3) is 3.78. The molecule has 0 aliphatic carbocycles. The number of nitrogens with one attached hydrogen (secondary N) is 2. The Hall–Kier alpha value is -1.25. The summed E-state index contributed by atoms with van der Waals surface area (Å²) in [6.07, 6.45) is 0. The first-order valence-corrected chi connectivity index (χ1v) is 4.26. The van der Waals surface area contributed by atoms with Gasteiger partial charge in [0.2, 0.25) is 5.13 Å². The van der Waals surface area contributed by atoms with Crippen LogP contribution in [0, 0.1) is 0 Å². The van der Waals surface area contributed by atoms with Gasteiger partial charge in [0.1, 0.15) is 5.51 Å². The topological polar surface area (TPSA) is 96.4 Å². The number of hydrogen-bond donors (Lipinski definition) is 3. The van der Waals surface area contributed by atoms with E-state index in [1.54, 1.807) is 0 Å². The molecule has 2 amide bonds. The maximum atomic E-state index is 10.9. The van der Waals surface area contributed by atoms with Gasteiger partial charge in [-0.15, -0.1) is 10.2 Å². The van der Waals surface area contributed by atoms with Gasteiger partial charge >= 0.3 is 6.03 Å². The molecule has 0 saturated heterocycles. The van der Waals surface area contributed by atoms with Gasteiger partial charge in [-0.2, -0.15) is 0 Å². The summed E-state index contributed by atoms with van der Waals surface area (Å²) in [6.45, 7) is -0.109. The highest BCUT2D eigenvalue weighted by Crippen LogP contribution is 2.06. The number of carbonyl (C=O) groups excluding carboxylic acids is 1. The smallest absolute Gasteiger partial charge is 0.344 e. The molecular formula is C5H8N4O3S. The highest BCUT2D eigenvalue weighted by atomic mass is 32.1. The summed E-state index contributed by atoms with van der Waals surface area (Å²) in [5.74, 6) is 0. The van der Waals surface area contributed by atoms with Crippen molar-refractivity contribution in [1.29, 1.82) is 0 Å². The van der Waals surface area contributed by atoms with Gasteiger partial charge in [-0.05, 0) is 0 Å². The first-order chi connectivity index (χ1) is 6.33. The maximum absolute atomic E-state index is 10.9. The fraction of sp³-hybridized carbons (Fsp3) is 0.400. The van der Waals surface area contributed by atoms with Crippen molar-refractivity contribution in [3.63, 3.8) is 0 Å². The number of amides is 2. The Labute approximate surface area is 77.7 Å². The van der Waals surface area contributed by atoms with Crippen LogP contribution in [0.4, 0.5) is 9.93 Å². The van der Waals surface area contributed by atoms with Crippen LogP contribution in [0.25, 0.3) is 0 Å². The van der Waals surface area contributed by atoms with Crippen molar-refractivity contribution in [2.75, 3.05) is 18.5 Å². The number of hydroxylamine groups is 1. The zero-order chi connectivity index (χ0) is 9.52. The van der Waals surface area contributed by atoms with Gasteiger partial charge in [0.05, 0.1) is 13.2 Å². The molecule has 0 radical (unpaired) electrons. The van der Waals surface area contributed by atoms with Crippen LogP contribution in [-0.2, 0) is 4.84 Å². The number of nitrogens with zero attached hydrogens (tertiary/aromatic N) is 2. The second-order valence-corrected chi connectivity index (χ2v) is 2.71. The summed E-state index contributed by atoms with van der Waals surface area (Å²) < 4.78 is 0. The molecule has 7 nitrogen and oxygen atoms in total. The molecule has 13 heavy (non-hydrogen) atoms. The highest BCUT2D eigenvalue weighted by Gasteiger charge is 2.02. The van der Waals surface area contributed by atoms with E-state index in [9.17, 15) is 4.79 Å². The van der Waals surface area contributed by atoms with Gasteiger partial charge in [-0.1, -0.05) is 11.3 Å². The van der Waals surface area contributed by atoms with E-state index in [1.807, 2.05) is 0 Å². The molecule has 0 unspecified atom stereocenters. The molecule has 1 rings (SSSR count). The summed E-state index contributed by atoms with van der Waals surface area (Å²) >= 11 is 1.19. The molecule has 1 heterocycles. The predicted molar refractivity (Wildman–Crippen MR) is 45.1 cm³/mol. The summed E-state index contributed by atoms with van der Waals surface area (Å²) in [6, 6.07) is -0.551. The van der Waals surface area contributed by atoms with Gasteiger partial charge in [0.15, 0.2) is 0 Å². The van der Waals surface area contributed by atoms with Crippen molar-refractivity contribution in [2.24, 2.45) is 0 Å². The number of carbonyl (C=O) groups is 1. The van der Waals surface area contributed by atoms with Gasteiger partial charge in [-0.3, -0.25) is 10.2 Å². The largest absolute Gasteiger partial charge is 0.394 e. The maximum Gasteiger partial charge on any atom is 0.344 e. The van der Waals surface area contributed by atoms with Gasteiger partial charge in [0, 0.05) is 0 Å². The predicted octanol–water partition coefficient (Wildman–Crippen LogP) is -0.417. The number of aliphatic hydroxyl groups is 1. The Balaban J connectivity index is 2.18. The number of rotatable bonds is 4. The molecule has 3 N–H and O–H groups in total. The van der Waals surface area contributed by atoms with E-state index in [2.05, 4.69) is 25.8 Å². The summed E-state index contributed by atoms with van der Waals surface area (Å²) in [5.41, 5.74) is 3.54. The fourth-order valence-corrected chi connectivity index (χ4v) is 0.952. The van der Waals surface area contributed by atoms with Crippen molar-refractivity contribution in [2.45, 2.75) is 0 Å². The Bertz CT molecular complexity index is 252. The van der Waals surface area contributed by atoms with Crippen molar-refractivity contribution < 1.29 is 14.7 Å². The first kappa shape index (κ1) is 9.84. The normalized spacial score (nSPS) is 9.62. The Morgan fingerprint density at radius 3 is 3.23 bits per heavy atom. The van der Waals surface area contributed by atoms with E-state index in [0.717, 1.165) is 0 Å². The molecule has 0 aliphatic heterocycles. The minimum Gasteiger partial charge on any atom is -0.394 e. The monoisotopic (exact) mass is 204 g/mol. The summed E-state index contributed by atoms with van der Waals surface area (Å²) in [5, 5.41) is 18.2. The molecule has 1 aromatic heterocycles. The lowest BCUT2D eigenvalue weighted by molar-refractivity contribution is 0.0400. The van der Waals surface area contributed by atoms with Crippen LogP contribution in [0.3, 0.4) is 0 Å². The van der Waals surface area contributed by atoms with E-state index in [0.29, 0.717) is 5.13 Å². The number of urea groups is 1. The third-order valence-corrected chi connectivity index (χ3v) is 1.55. The second-order valence-electron chi connectivity index (χ2n) is 1.87. The zero-order valence-corrected chi connectivity index (χ0v) is 7.37. The van der Waals surface area contributed by atoms with Crippen LogP contribution in [-0.4, -0.2) is 34.5 Å². The van der Waals surface area contributed by atoms with Crippen molar-refractivity contribution >= 4 is 22.5 Å². The van der Waals surface area contributed by atoms with E-state index in [-0.39, 0.29) is 13.2 Å². The van der Waals surface area contributed by atoms with Crippen molar-refractivity contribution in [1.82, 2.24) is 15.7 Å². The highest BCUT2D eigenvalue weighted by molar-refractivity contribution is 7.13. The molecule has 0 fully saturated rings. The Morgan fingerprint density at radius 1 is 1.77 bits per heavy atom. The molecule has 0 spiro atoms. The minimum atomic E-state index is -0.551. The number of anilines is 1. The number of aliphatic hydroxyl groups excluding tert-OH is 1.